The van der Waals surface area contributed by atoms with E-state index in [4.69, 9.17) is 4.74 Å². The van der Waals surface area contributed by atoms with Crippen LogP contribution in [0.4, 0.5) is 0 Å². The number of aryl methyl sites for hydroxylation is 1. The van der Waals surface area contributed by atoms with Crippen molar-refractivity contribution in [3.05, 3.63) is 34.4 Å². The average molecular weight is 201 g/mol. The van der Waals surface area contributed by atoms with Crippen LogP contribution in [0.3, 0.4) is 0 Å². The quantitative estimate of drug-likeness (QED) is 0.683. The third-order valence-electron chi connectivity index (χ3n) is 3.39. The molecule has 2 aliphatic rings. The predicted octanol–water partition coefficient (Wildman–Crippen LogP) is 2.43. The molecule has 1 fully saturated rings. The molecule has 2 aliphatic heterocycles. The van der Waals surface area contributed by atoms with Crippen molar-refractivity contribution in [3.8, 4) is 0 Å². The first-order valence-corrected chi connectivity index (χ1v) is 5.55. The molecule has 1 saturated heterocycles. The first-order chi connectivity index (χ1) is 7.34. The molecule has 2 nitrogen and oxygen atoms in total. The Labute approximate surface area is 90.0 Å². The van der Waals surface area contributed by atoms with Gasteiger partial charge in [-0.3, -0.25) is 4.99 Å². The van der Waals surface area contributed by atoms with Gasteiger partial charge in [-0.15, -0.1) is 0 Å². The van der Waals surface area contributed by atoms with Gasteiger partial charge in [0.1, 0.15) is 0 Å². The summed E-state index contributed by atoms with van der Waals surface area (Å²) in [4.78, 5) is 4.30. The summed E-state index contributed by atoms with van der Waals surface area (Å²) in [7, 11) is 0. The van der Waals surface area contributed by atoms with Crippen LogP contribution in [0.1, 0.15) is 34.6 Å². The molecule has 0 amide bonds. The van der Waals surface area contributed by atoms with E-state index in [2.05, 4.69) is 24.0 Å². The molecule has 0 spiro atoms. The summed E-state index contributed by atoms with van der Waals surface area (Å²) in [6, 6.07) is 4.59. The Hall–Kier alpha value is -1.15. The fourth-order valence-corrected chi connectivity index (χ4v) is 2.51. The highest BCUT2D eigenvalue weighted by atomic mass is 16.5. The minimum absolute atomic E-state index is 0.607. The van der Waals surface area contributed by atoms with E-state index >= 15 is 0 Å². The van der Waals surface area contributed by atoms with Crippen molar-refractivity contribution in [2.45, 2.75) is 25.8 Å². The highest BCUT2D eigenvalue weighted by molar-refractivity contribution is 5.85. The standard InChI is InChI=1S/C13H15NO/c1-9-4-11-6-14-7-12(11)5-13(9)10-2-3-15-8-10/h4-6,10H,2-3,7-8H2,1H3. The Morgan fingerprint density at radius 1 is 1.40 bits per heavy atom. The number of nitrogens with zero attached hydrogens (tertiary/aromatic N) is 1. The van der Waals surface area contributed by atoms with E-state index in [1.54, 1.807) is 0 Å². The average Bonchev–Trinajstić information content (AvgIpc) is 2.85. The van der Waals surface area contributed by atoms with Crippen molar-refractivity contribution >= 4 is 6.21 Å². The van der Waals surface area contributed by atoms with E-state index < -0.39 is 0 Å². The van der Waals surface area contributed by atoms with Crippen LogP contribution in [0, 0.1) is 6.92 Å². The molecule has 1 atom stereocenters. The van der Waals surface area contributed by atoms with Gasteiger partial charge in [-0.25, -0.2) is 0 Å². The van der Waals surface area contributed by atoms with Gasteiger partial charge in [-0.05, 0) is 41.7 Å². The van der Waals surface area contributed by atoms with Crippen molar-refractivity contribution in [2.75, 3.05) is 13.2 Å². The van der Waals surface area contributed by atoms with Crippen molar-refractivity contribution in [1.82, 2.24) is 0 Å². The number of fused-ring (bicyclic) bond motifs is 1. The maximum absolute atomic E-state index is 5.45. The van der Waals surface area contributed by atoms with Crippen LogP contribution >= 0.6 is 0 Å². The Balaban J connectivity index is 2.02. The molecule has 0 N–H and O–H groups in total. The van der Waals surface area contributed by atoms with Crippen LogP contribution in [0.2, 0.25) is 0 Å². The van der Waals surface area contributed by atoms with Gasteiger partial charge in [-0.2, -0.15) is 0 Å². The summed E-state index contributed by atoms with van der Waals surface area (Å²) in [5.74, 6) is 0.607. The molecule has 3 rings (SSSR count). The fourth-order valence-electron chi connectivity index (χ4n) is 2.51. The normalized spacial score (nSPS) is 23.4. The van der Waals surface area contributed by atoms with Gasteiger partial charge in [0.05, 0.1) is 13.2 Å². The number of benzene rings is 1. The van der Waals surface area contributed by atoms with Gasteiger partial charge in [0, 0.05) is 18.7 Å². The largest absolute Gasteiger partial charge is 0.381 e. The monoisotopic (exact) mass is 201 g/mol. The molecule has 0 aliphatic carbocycles. The molecule has 15 heavy (non-hydrogen) atoms. The second-order valence-electron chi connectivity index (χ2n) is 4.44. The first-order valence-electron chi connectivity index (χ1n) is 5.55. The molecular weight excluding hydrogens is 186 g/mol. The highest BCUT2D eigenvalue weighted by Crippen LogP contribution is 2.30. The maximum Gasteiger partial charge on any atom is 0.0646 e. The summed E-state index contributed by atoms with van der Waals surface area (Å²) in [6.07, 6.45) is 3.15. The molecule has 0 aromatic heterocycles. The van der Waals surface area contributed by atoms with Gasteiger partial charge in [0.2, 0.25) is 0 Å². The Bertz CT molecular complexity index is 417. The Kier molecular flexibility index (Phi) is 2.10. The van der Waals surface area contributed by atoms with Crippen molar-refractivity contribution in [3.63, 3.8) is 0 Å². The molecule has 1 aromatic carbocycles. The lowest BCUT2D eigenvalue weighted by Crippen LogP contribution is -2.02. The van der Waals surface area contributed by atoms with E-state index in [0.29, 0.717) is 5.92 Å². The zero-order valence-corrected chi connectivity index (χ0v) is 8.99. The summed E-state index contributed by atoms with van der Waals surface area (Å²) >= 11 is 0. The molecule has 2 heteroatoms. The van der Waals surface area contributed by atoms with Gasteiger partial charge >= 0.3 is 0 Å². The second kappa shape index (κ2) is 3.46. The second-order valence-corrected chi connectivity index (χ2v) is 4.44. The third-order valence-corrected chi connectivity index (χ3v) is 3.39. The predicted molar refractivity (Wildman–Crippen MR) is 60.7 cm³/mol. The summed E-state index contributed by atoms with van der Waals surface area (Å²) in [5.41, 5.74) is 5.53. The van der Waals surface area contributed by atoms with Gasteiger partial charge < -0.3 is 4.74 Å². The van der Waals surface area contributed by atoms with E-state index in [1.807, 2.05) is 6.21 Å². The first kappa shape index (κ1) is 9.10. The van der Waals surface area contributed by atoms with Gasteiger partial charge in [0.25, 0.3) is 0 Å². The Morgan fingerprint density at radius 3 is 3.13 bits per heavy atom. The van der Waals surface area contributed by atoms with E-state index in [1.165, 1.54) is 28.7 Å². The van der Waals surface area contributed by atoms with Crippen molar-refractivity contribution < 1.29 is 4.74 Å². The molecule has 78 valence electrons. The van der Waals surface area contributed by atoms with Crippen LogP contribution < -0.4 is 0 Å². The minimum atomic E-state index is 0.607. The van der Waals surface area contributed by atoms with Crippen molar-refractivity contribution in [2.24, 2.45) is 4.99 Å². The lowest BCUT2D eigenvalue weighted by atomic mass is 9.91. The topological polar surface area (TPSA) is 21.6 Å². The lowest BCUT2D eigenvalue weighted by molar-refractivity contribution is 0.194. The smallest absolute Gasteiger partial charge is 0.0646 e. The molecular formula is C13H15NO. The van der Waals surface area contributed by atoms with Gasteiger partial charge in [-0.1, -0.05) is 6.07 Å². The summed E-state index contributed by atoms with van der Waals surface area (Å²) in [5, 5.41) is 0. The van der Waals surface area contributed by atoms with Crippen LogP contribution in [-0.4, -0.2) is 19.4 Å². The van der Waals surface area contributed by atoms with Crippen LogP contribution in [0.5, 0.6) is 0 Å². The van der Waals surface area contributed by atoms with Gasteiger partial charge in [0.15, 0.2) is 0 Å². The SMILES string of the molecule is Cc1cc2c(cc1C1CCOC1)CN=C2. The molecule has 1 aromatic rings. The fraction of sp³-hybridized carbons (Fsp3) is 0.462. The maximum atomic E-state index is 5.45. The number of hydrogen-bond acceptors (Lipinski definition) is 2. The van der Waals surface area contributed by atoms with Crippen molar-refractivity contribution in [1.29, 1.82) is 0 Å². The number of rotatable bonds is 1. The van der Waals surface area contributed by atoms with Crippen LogP contribution in [-0.2, 0) is 11.3 Å². The summed E-state index contributed by atoms with van der Waals surface area (Å²) in [6.45, 7) is 4.86. The van der Waals surface area contributed by atoms with Crippen LogP contribution in [0.25, 0.3) is 0 Å². The third kappa shape index (κ3) is 1.49. The molecule has 0 bridgehead atoms. The number of ether oxygens (including phenoxy) is 1. The lowest BCUT2D eigenvalue weighted by Gasteiger charge is -2.13. The molecule has 1 unspecified atom stereocenters. The molecule has 0 saturated carbocycles. The number of aliphatic imine (C=N–C) groups is 1. The van der Waals surface area contributed by atoms with E-state index in [9.17, 15) is 0 Å². The number of hydrogen-bond donors (Lipinski definition) is 0. The van der Waals surface area contributed by atoms with Crippen LogP contribution in [0.15, 0.2) is 17.1 Å². The van der Waals surface area contributed by atoms with E-state index in [0.717, 1.165) is 19.8 Å². The minimum Gasteiger partial charge on any atom is -0.381 e. The zero-order chi connectivity index (χ0) is 10.3. The zero-order valence-electron chi connectivity index (χ0n) is 8.99. The highest BCUT2D eigenvalue weighted by Gasteiger charge is 2.21. The molecule has 0 radical (unpaired) electrons. The Morgan fingerprint density at radius 2 is 2.33 bits per heavy atom. The van der Waals surface area contributed by atoms with E-state index in [-0.39, 0.29) is 0 Å². The summed E-state index contributed by atoms with van der Waals surface area (Å²) < 4.78 is 5.45. The molecule has 2 heterocycles.